The predicted molar refractivity (Wildman–Crippen MR) is 114 cm³/mol. The molecule has 1 saturated heterocycles. The molecule has 2 amide bonds. The van der Waals surface area contributed by atoms with Crippen molar-refractivity contribution in [3.63, 3.8) is 0 Å². The highest BCUT2D eigenvalue weighted by atomic mass is 35.5. The van der Waals surface area contributed by atoms with E-state index >= 15 is 0 Å². The van der Waals surface area contributed by atoms with E-state index in [1.807, 2.05) is 30.3 Å². The van der Waals surface area contributed by atoms with Gasteiger partial charge in [0.1, 0.15) is 6.33 Å². The van der Waals surface area contributed by atoms with Crippen LogP contribution >= 0.6 is 11.6 Å². The molecule has 2 heterocycles. The number of nitrogens with zero attached hydrogens (tertiary/aromatic N) is 4. The van der Waals surface area contributed by atoms with E-state index in [1.54, 1.807) is 40.2 Å². The number of carbonyl (C=O) groups is 2. The fraction of sp³-hybridized carbons (Fsp3) is 0.273. The lowest BCUT2D eigenvalue weighted by Crippen LogP contribution is -2.43. The quantitative estimate of drug-likeness (QED) is 0.681. The number of aromatic nitrogens is 3. The van der Waals surface area contributed by atoms with Crippen LogP contribution in [0.1, 0.15) is 28.8 Å². The van der Waals surface area contributed by atoms with Crippen LogP contribution in [-0.2, 0) is 11.3 Å². The molecule has 2 aromatic carbocycles. The number of hydrogen-bond acceptors (Lipinski definition) is 4. The molecule has 0 radical (unpaired) electrons. The van der Waals surface area contributed by atoms with Gasteiger partial charge in [0.05, 0.1) is 12.5 Å². The summed E-state index contributed by atoms with van der Waals surface area (Å²) in [5.41, 5.74) is 1.67. The molecule has 154 valence electrons. The summed E-state index contributed by atoms with van der Waals surface area (Å²) >= 11 is 5.90. The minimum absolute atomic E-state index is 0.0885. The second-order valence-electron chi connectivity index (χ2n) is 7.34. The number of carbonyl (C=O) groups excluding carboxylic acids is 2. The number of anilines is 1. The van der Waals surface area contributed by atoms with Gasteiger partial charge in [0.25, 0.3) is 5.91 Å². The molecule has 0 saturated carbocycles. The first-order valence-corrected chi connectivity index (χ1v) is 10.3. The standard InChI is InChI=1S/C22H22ClN5O2/c23-19-10-8-17(9-11-19)21(30)27-12-4-7-18(14-27)20(29)25-22-24-15-28(26-22)13-16-5-2-1-3-6-16/h1-3,5-6,8-11,15,18H,4,7,12-14H2,(H,25,26,29). The third-order valence-electron chi connectivity index (χ3n) is 5.13. The number of rotatable bonds is 5. The molecule has 1 N–H and O–H groups in total. The maximum Gasteiger partial charge on any atom is 0.253 e. The van der Waals surface area contributed by atoms with Crippen LogP contribution < -0.4 is 5.32 Å². The van der Waals surface area contributed by atoms with Gasteiger partial charge in [0, 0.05) is 23.7 Å². The van der Waals surface area contributed by atoms with Gasteiger partial charge in [-0.05, 0) is 42.7 Å². The van der Waals surface area contributed by atoms with Crippen molar-refractivity contribution in [2.24, 2.45) is 5.92 Å². The van der Waals surface area contributed by atoms with Crippen molar-refractivity contribution in [2.45, 2.75) is 19.4 Å². The van der Waals surface area contributed by atoms with Crippen LogP contribution in [0.5, 0.6) is 0 Å². The minimum atomic E-state index is -0.295. The number of nitrogens with one attached hydrogen (secondary N) is 1. The van der Waals surface area contributed by atoms with Crippen molar-refractivity contribution in [1.82, 2.24) is 19.7 Å². The molecule has 1 aromatic heterocycles. The van der Waals surface area contributed by atoms with Gasteiger partial charge in [-0.3, -0.25) is 14.9 Å². The summed E-state index contributed by atoms with van der Waals surface area (Å²) in [6, 6.07) is 16.7. The summed E-state index contributed by atoms with van der Waals surface area (Å²) in [5, 5.41) is 7.70. The highest BCUT2D eigenvalue weighted by molar-refractivity contribution is 6.30. The van der Waals surface area contributed by atoms with E-state index in [-0.39, 0.29) is 23.7 Å². The zero-order valence-corrected chi connectivity index (χ0v) is 17.1. The number of likely N-dealkylation sites (tertiary alicyclic amines) is 1. The van der Waals surface area contributed by atoms with Crippen molar-refractivity contribution in [3.05, 3.63) is 77.1 Å². The van der Waals surface area contributed by atoms with Gasteiger partial charge >= 0.3 is 0 Å². The maximum atomic E-state index is 12.7. The van der Waals surface area contributed by atoms with Crippen LogP contribution in [0.3, 0.4) is 0 Å². The highest BCUT2D eigenvalue weighted by Gasteiger charge is 2.29. The third-order valence-corrected chi connectivity index (χ3v) is 5.38. The van der Waals surface area contributed by atoms with Crippen LogP contribution in [0.4, 0.5) is 5.95 Å². The first-order chi connectivity index (χ1) is 14.6. The third kappa shape index (κ3) is 4.86. The van der Waals surface area contributed by atoms with Crippen molar-refractivity contribution in [2.75, 3.05) is 18.4 Å². The van der Waals surface area contributed by atoms with Gasteiger partial charge in [-0.2, -0.15) is 0 Å². The summed E-state index contributed by atoms with van der Waals surface area (Å²) in [5.74, 6) is -0.274. The minimum Gasteiger partial charge on any atom is -0.338 e. The average Bonchev–Trinajstić information content (AvgIpc) is 3.21. The maximum absolute atomic E-state index is 12.7. The molecule has 1 aliphatic heterocycles. The van der Waals surface area contributed by atoms with E-state index in [0.717, 1.165) is 18.4 Å². The van der Waals surface area contributed by atoms with Crippen molar-refractivity contribution in [1.29, 1.82) is 0 Å². The van der Waals surface area contributed by atoms with Crippen LogP contribution in [0.15, 0.2) is 60.9 Å². The van der Waals surface area contributed by atoms with Crippen LogP contribution in [0.2, 0.25) is 5.02 Å². The molecule has 0 bridgehead atoms. The average molecular weight is 424 g/mol. The zero-order chi connectivity index (χ0) is 20.9. The first-order valence-electron chi connectivity index (χ1n) is 9.87. The van der Waals surface area contributed by atoms with Crippen molar-refractivity contribution in [3.8, 4) is 0 Å². The summed E-state index contributed by atoms with van der Waals surface area (Å²) in [6.45, 7) is 1.59. The second kappa shape index (κ2) is 9.09. The van der Waals surface area contributed by atoms with Crippen molar-refractivity contribution < 1.29 is 9.59 Å². The topological polar surface area (TPSA) is 80.1 Å². The Balaban J connectivity index is 1.35. The molecule has 8 heteroatoms. The van der Waals surface area contributed by atoms with Gasteiger partial charge in [-0.1, -0.05) is 41.9 Å². The van der Waals surface area contributed by atoms with Crippen LogP contribution in [-0.4, -0.2) is 44.6 Å². The highest BCUT2D eigenvalue weighted by Crippen LogP contribution is 2.21. The van der Waals surface area contributed by atoms with Gasteiger partial charge < -0.3 is 4.90 Å². The lowest BCUT2D eigenvalue weighted by atomic mass is 9.96. The largest absolute Gasteiger partial charge is 0.338 e. The predicted octanol–water partition coefficient (Wildman–Crippen LogP) is 3.47. The number of amides is 2. The second-order valence-corrected chi connectivity index (χ2v) is 7.77. The number of benzene rings is 2. The molecule has 1 aliphatic rings. The van der Waals surface area contributed by atoms with E-state index in [9.17, 15) is 9.59 Å². The van der Waals surface area contributed by atoms with Gasteiger partial charge in [-0.15, -0.1) is 5.10 Å². The lowest BCUT2D eigenvalue weighted by Gasteiger charge is -2.31. The summed E-state index contributed by atoms with van der Waals surface area (Å²) in [4.78, 5) is 31.4. The van der Waals surface area contributed by atoms with Crippen LogP contribution in [0, 0.1) is 5.92 Å². The summed E-state index contributed by atoms with van der Waals surface area (Å²) in [6.07, 6.45) is 3.09. The Morgan fingerprint density at radius 2 is 1.87 bits per heavy atom. The van der Waals surface area contributed by atoms with E-state index in [4.69, 9.17) is 11.6 Å². The summed E-state index contributed by atoms with van der Waals surface area (Å²) in [7, 11) is 0. The molecular weight excluding hydrogens is 402 g/mol. The Morgan fingerprint density at radius 3 is 2.63 bits per heavy atom. The van der Waals surface area contributed by atoms with E-state index in [0.29, 0.717) is 30.2 Å². The molecule has 7 nitrogen and oxygen atoms in total. The molecule has 0 spiro atoms. The van der Waals surface area contributed by atoms with Crippen molar-refractivity contribution >= 4 is 29.4 Å². The SMILES string of the molecule is O=C(Nc1ncn(Cc2ccccc2)n1)C1CCCN(C(=O)c2ccc(Cl)cc2)C1. The number of halogens is 1. The van der Waals surface area contributed by atoms with Gasteiger partial charge in [0.15, 0.2) is 0 Å². The van der Waals surface area contributed by atoms with E-state index < -0.39 is 0 Å². The normalized spacial score (nSPS) is 16.3. The smallest absolute Gasteiger partial charge is 0.253 e. The fourth-order valence-corrected chi connectivity index (χ4v) is 3.69. The number of piperidine rings is 1. The zero-order valence-electron chi connectivity index (χ0n) is 16.4. The summed E-state index contributed by atoms with van der Waals surface area (Å²) < 4.78 is 1.68. The molecule has 1 fully saturated rings. The Labute approximate surface area is 179 Å². The molecule has 4 rings (SSSR count). The Morgan fingerprint density at radius 1 is 1.10 bits per heavy atom. The lowest BCUT2D eigenvalue weighted by molar-refractivity contribution is -0.121. The Hall–Kier alpha value is -3.19. The fourth-order valence-electron chi connectivity index (χ4n) is 3.56. The van der Waals surface area contributed by atoms with Gasteiger partial charge in [0.2, 0.25) is 11.9 Å². The Bertz CT molecular complexity index is 1020. The Kier molecular flexibility index (Phi) is 6.09. The number of hydrogen-bond donors (Lipinski definition) is 1. The molecule has 0 aliphatic carbocycles. The molecule has 1 unspecified atom stereocenters. The molecule has 30 heavy (non-hydrogen) atoms. The van der Waals surface area contributed by atoms with Gasteiger partial charge in [-0.25, -0.2) is 9.67 Å². The van der Waals surface area contributed by atoms with E-state index in [2.05, 4.69) is 15.4 Å². The molecular formula is C22H22ClN5O2. The van der Waals surface area contributed by atoms with Crippen LogP contribution in [0.25, 0.3) is 0 Å². The van der Waals surface area contributed by atoms with E-state index in [1.165, 1.54) is 0 Å². The monoisotopic (exact) mass is 423 g/mol. The first kappa shape index (κ1) is 20.1. The molecule has 3 aromatic rings. The molecule has 1 atom stereocenters.